The fourth-order valence-electron chi connectivity index (χ4n) is 2.10. The number of amides is 1. The van der Waals surface area contributed by atoms with Crippen LogP contribution in [-0.4, -0.2) is 31.9 Å². The van der Waals surface area contributed by atoms with Crippen molar-refractivity contribution in [3.63, 3.8) is 0 Å². The Morgan fingerprint density at radius 3 is 2.75 bits per heavy atom. The Labute approximate surface area is 151 Å². The minimum Gasteiger partial charge on any atom is -0.324 e. The molecule has 0 saturated carbocycles. The number of para-hydroxylation sites is 2. The number of hydrogen-bond donors (Lipinski definition) is 1. The third-order valence-electron chi connectivity index (χ3n) is 3.26. The van der Waals surface area contributed by atoms with Crippen molar-refractivity contribution in [3.8, 4) is 5.69 Å². The maximum Gasteiger partial charge on any atom is 0.234 e. The van der Waals surface area contributed by atoms with E-state index in [1.54, 1.807) is 4.68 Å². The third-order valence-corrected chi connectivity index (χ3v) is 4.88. The molecule has 3 aromatic rings. The van der Waals surface area contributed by atoms with Crippen LogP contribution in [-0.2, 0) is 4.79 Å². The zero-order chi connectivity index (χ0) is 16.9. The van der Waals surface area contributed by atoms with Gasteiger partial charge in [-0.1, -0.05) is 42.1 Å². The number of nitrogens with one attached hydrogen (secondary N) is 1. The number of rotatable bonds is 5. The first-order chi connectivity index (χ1) is 11.6. The molecule has 1 amide bonds. The van der Waals surface area contributed by atoms with Crippen LogP contribution in [0.1, 0.15) is 5.56 Å². The monoisotopic (exact) mass is 403 g/mol. The van der Waals surface area contributed by atoms with Crippen LogP contribution in [0.3, 0.4) is 0 Å². The first kappa shape index (κ1) is 16.7. The molecular formula is C16H14BrN5OS. The van der Waals surface area contributed by atoms with E-state index in [1.165, 1.54) is 11.8 Å². The Morgan fingerprint density at radius 2 is 1.96 bits per heavy atom. The molecule has 1 aromatic heterocycles. The summed E-state index contributed by atoms with van der Waals surface area (Å²) in [6, 6.07) is 15.3. The second kappa shape index (κ2) is 7.59. The molecule has 0 aliphatic rings. The average molecular weight is 404 g/mol. The molecule has 3 rings (SSSR count). The lowest BCUT2D eigenvalue weighted by Crippen LogP contribution is -2.15. The predicted molar refractivity (Wildman–Crippen MR) is 97.4 cm³/mol. The molecule has 0 saturated heterocycles. The van der Waals surface area contributed by atoms with E-state index in [2.05, 4.69) is 36.8 Å². The average Bonchev–Trinajstić information content (AvgIpc) is 3.04. The van der Waals surface area contributed by atoms with Crippen molar-refractivity contribution < 1.29 is 4.79 Å². The highest BCUT2D eigenvalue weighted by Gasteiger charge is 2.13. The Bertz CT molecular complexity index is 867. The standard InChI is InChI=1S/C16H14BrN5OS/c1-11-6-2-5-9-14(11)22-16(19-20-21-22)24-10-15(23)18-13-8-4-3-7-12(13)17/h2-9H,10H2,1H3,(H,18,23). The summed E-state index contributed by atoms with van der Waals surface area (Å²) in [4.78, 5) is 12.1. The number of thioether (sulfide) groups is 1. The molecule has 122 valence electrons. The minimum atomic E-state index is -0.119. The lowest BCUT2D eigenvalue weighted by Gasteiger charge is -2.08. The molecule has 8 heteroatoms. The SMILES string of the molecule is Cc1ccccc1-n1nnnc1SCC(=O)Nc1ccccc1Br. The summed E-state index contributed by atoms with van der Waals surface area (Å²) in [6.07, 6.45) is 0. The van der Waals surface area contributed by atoms with E-state index in [4.69, 9.17) is 0 Å². The molecule has 2 aromatic carbocycles. The number of hydrogen-bond acceptors (Lipinski definition) is 5. The highest BCUT2D eigenvalue weighted by atomic mass is 79.9. The number of aryl methyl sites for hydroxylation is 1. The van der Waals surface area contributed by atoms with Gasteiger partial charge in [0.05, 0.1) is 17.1 Å². The summed E-state index contributed by atoms with van der Waals surface area (Å²) in [5.41, 5.74) is 2.70. The van der Waals surface area contributed by atoms with E-state index in [-0.39, 0.29) is 11.7 Å². The highest BCUT2D eigenvalue weighted by Crippen LogP contribution is 2.23. The van der Waals surface area contributed by atoms with Crippen LogP contribution in [0.15, 0.2) is 58.2 Å². The summed E-state index contributed by atoms with van der Waals surface area (Å²) in [5.74, 6) is 0.0966. The number of tetrazole rings is 1. The third kappa shape index (κ3) is 3.82. The first-order valence-corrected chi connectivity index (χ1v) is 8.94. The van der Waals surface area contributed by atoms with E-state index < -0.39 is 0 Å². The molecule has 0 unspecified atom stereocenters. The molecule has 0 atom stereocenters. The van der Waals surface area contributed by atoms with Gasteiger partial charge in [0.1, 0.15) is 0 Å². The van der Waals surface area contributed by atoms with Gasteiger partial charge >= 0.3 is 0 Å². The zero-order valence-corrected chi connectivity index (χ0v) is 15.2. The number of benzene rings is 2. The Kier molecular flexibility index (Phi) is 5.27. The Balaban J connectivity index is 1.68. The summed E-state index contributed by atoms with van der Waals surface area (Å²) >= 11 is 4.70. The normalized spacial score (nSPS) is 10.6. The topological polar surface area (TPSA) is 72.7 Å². The van der Waals surface area contributed by atoms with Crippen LogP contribution in [0.4, 0.5) is 5.69 Å². The molecule has 0 fully saturated rings. The van der Waals surface area contributed by atoms with Crippen molar-refractivity contribution in [3.05, 3.63) is 58.6 Å². The highest BCUT2D eigenvalue weighted by molar-refractivity contribution is 9.10. The van der Waals surface area contributed by atoms with Crippen molar-refractivity contribution in [2.75, 3.05) is 11.1 Å². The van der Waals surface area contributed by atoms with Gasteiger partial charge in [-0.15, -0.1) is 5.10 Å². The zero-order valence-electron chi connectivity index (χ0n) is 12.8. The first-order valence-electron chi connectivity index (χ1n) is 7.16. The molecule has 0 radical (unpaired) electrons. The van der Waals surface area contributed by atoms with Gasteiger partial charge < -0.3 is 5.32 Å². The van der Waals surface area contributed by atoms with Crippen LogP contribution < -0.4 is 5.32 Å². The molecule has 0 bridgehead atoms. The molecule has 0 spiro atoms. The van der Waals surface area contributed by atoms with Gasteiger partial charge in [0.15, 0.2) is 0 Å². The maximum atomic E-state index is 12.1. The van der Waals surface area contributed by atoms with E-state index in [0.29, 0.717) is 5.16 Å². The smallest absolute Gasteiger partial charge is 0.234 e. The van der Waals surface area contributed by atoms with Crippen LogP contribution in [0.2, 0.25) is 0 Å². The van der Waals surface area contributed by atoms with Gasteiger partial charge in [0.25, 0.3) is 0 Å². The lowest BCUT2D eigenvalue weighted by molar-refractivity contribution is -0.113. The van der Waals surface area contributed by atoms with E-state index in [1.807, 2.05) is 55.5 Å². The number of carbonyl (C=O) groups is 1. The van der Waals surface area contributed by atoms with Crippen molar-refractivity contribution in [1.29, 1.82) is 0 Å². The van der Waals surface area contributed by atoms with Gasteiger partial charge in [-0.05, 0) is 57.0 Å². The van der Waals surface area contributed by atoms with E-state index in [9.17, 15) is 4.79 Å². The summed E-state index contributed by atoms with van der Waals surface area (Å²) < 4.78 is 2.49. The molecule has 6 nitrogen and oxygen atoms in total. The fourth-order valence-corrected chi connectivity index (χ4v) is 3.17. The summed E-state index contributed by atoms with van der Waals surface area (Å²) in [7, 11) is 0. The van der Waals surface area contributed by atoms with Gasteiger partial charge in [0.2, 0.25) is 11.1 Å². The van der Waals surface area contributed by atoms with Crippen LogP contribution in [0.5, 0.6) is 0 Å². The van der Waals surface area contributed by atoms with Gasteiger partial charge in [0, 0.05) is 4.47 Å². The van der Waals surface area contributed by atoms with Crippen molar-refractivity contribution >= 4 is 39.3 Å². The lowest BCUT2D eigenvalue weighted by atomic mass is 10.2. The molecule has 24 heavy (non-hydrogen) atoms. The maximum absolute atomic E-state index is 12.1. The van der Waals surface area contributed by atoms with Crippen LogP contribution in [0, 0.1) is 6.92 Å². The quantitative estimate of drug-likeness (QED) is 0.660. The Morgan fingerprint density at radius 1 is 1.21 bits per heavy atom. The summed E-state index contributed by atoms with van der Waals surface area (Å²) in [6.45, 7) is 1.99. The fraction of sp³-hybridized carbons (Fsp3) is 0.125. The van der Waals surface area contributed by atoms with Crippen molar-refractivity contribution in [1.82, 2.24) is 20.2 Å². The summed E-state index contributed by atoms with van der Waals surface area (Å²) in [5, 5.41) is 15.2. The van der Waals surface area contributed by atoms with Crippen molar-refractivity contribution in [2.24, 2.45) is 0 Å². The molecule has 0 aliphatic carbocycles. The van der Waals surface area contributed by atoms with Crippen molar-refractivity contribution in [2.45, 2.75) is 12.1 Å². The van der Waals surface area contributed by atoms with Crippen LogP contribution in [0.25, 0.3) is 5.69 Å². The number of anilines is 1. The minimum absolute atomic E-state index is 0.119. The molecular weight excluding hydrogens is 390 g/mol. The molecule has 1 N–H and O–H groups in total. The number of halogens is 1. The van der Waals surface area contributed by atoms with E-state index >= 15 is 0 Å². The van der Waals surface area contributed by atoms with Gasteiger partial charge in [-0.25, -0.2) is 0 Å². The van der Waals surface area contributed by atoms with Gasteiger partial charge in [-0.3, -0.25) is 4.79 Å². The molecule has 0 aliphatic heterocycles. The second-order valence-corrected chi connectivity index (χ2v) is 6.77. The van der Waals surface area contributed by atoms with Gasteiger partial charge in [-0.2, -0.15) is 4.68 Å². The predicted octanol–water partition coefficient (Wildman–Crippen LogP) is 3.46. The van der Waals surface area contributed by atoms with Crippen LogP contribution >= 0.6 is 27.7 Å². The van der Waals surface area contributed by atoms with E-state index in [0.717, 1.165) is 21.4 Å². The number of nitrogens with zero attached hydrogens (tertiary/aromatic N) is 4. The number of aromatic nitrogens is 4. The number of carbonyl (C=O) groups excluding carboxylic acids is 1. The Hall–Kier alpha value is -2.19. The largest absolute Gasteiger partial charge is 0.324 e. The second-order valence-electron chi connectivity index (χ2n) is 4.98. The molecule has 1 heterocycles.